The van der Waals surface area contributed by atoms with Gasteiger partial charge in [0.15, 0.2) is 0 Å². The molecule has 2 aromatic rings. The maximum Gasteiger partial charge on any atom is 0.303 e. The molecule has 0 bridgehead atoms. The molecule has 0 unspecified atom stereocenters. The Morgan fingerprint density at radius 3 is 2.57 bits per heavy atom. The van der Waals surface area contributed by atoms with Gasteiger partial charge in [-0.05, 0) is 43.5 Å². The van der Waals surface area contributed by atoms with Crippen molar-refractivity contribution >= 4 is 5.97 Å². The lowest BCUT2D eigenvalue weighted by Gasteiger charge is -2.08. The standard InChI is InChI=1S/C16H18N2O3/c1-10-4-5-12(8-11(10)2)14-9-13(6-7-15(19)20)16(21)18(3)17-14/h4-5,8-9H,6-7H2,1-3H3,(H,19,20). The molecule has 1 heterocycles. The van der Waals surface area contributed by atoms with E-state index in [1.54, 1.807) is 13.1 Å². The molecule has 21 heavy (non-hydrogen) atoms. The van der Waals surface area contributed by atoms with Crippen molar-refractivity contribution < 1.29 is 9.90 Å². The molecular formula is C16H18N2O3. The molecule has 0 spiro atoms. The quantitative estimate of drug-likeness (QED) is 0.934. The van der Waals surface area contributed by atoms with E-state index in [1.165, 1.54) is 10.2 Å². The van der Waals surface area contributed by atoms with Gasteiger partial charge in [-0.25, -0.2) is 4.68 Å². The number of carboxylic acids is 1. The van der Waals surface area contributed by atoms with E-state index in [1.807, 2.05) is 32.0 Å². The number of nitrogens with zero attached hydrogens (tertiary/aromatic N) is 2. The van der Waals surface area contributed by atoms with Crippen molar-refractivity contribution in [2.45, 2.75) is 26.7 Å². The highest BCUT2D eigenvalue weighted by Gasteiger charge is 2.10. The predicted octanol–water partition coefficient (Wildman–Crippen LogP) is 2.08. The summed E-state index contributed by atoms with van der Waals surface area (Å²) in [6.07, 6.45) is 0.147. The van der Waals surface area contributed by atoms with Gasteiger partial charge in [-0.15, -0.1) is 0 Å². The highest BCUT2D eigenvalue weighted by molar-refractivity contribution is 5.67. The fraction of sp³-hybridized carbons (Fsp3) is 0.312. The van der Waals surface area contributed by atoms with Crippen molar-refractivity contribution in [3.63, 3.8) is 0 Å². The number of carbonyl (C=O) groups is 1. The zero-order valence-corrected chi connectivity index (χ0v) is 12.4. The predicted molar refractivity (Wildman–Crippen MR) is 80.3 cm³/mol. The first-order valence-corrected chi connectivity index (χ1v) is 6.75. The molecule has 5 heteroatoms. The van der Waals surface area contributed by atoms with Crippen LogP contribution in [-0.2, 0) is 18.3 Å². The van der Waals surface area contributed by atoms with Gasteiger partial charge in [0.1, 0.15) is 0 Å². The molecule has 1 aromatic carbocycles. The Balaban J connectivity index is 2.47. The van der Waals surface area contributed by atoms with Gasteiger partial charge in [0.2, 0.25) is 0 Å². The Kier molecular flexibility index (Phi) is 4.21. The molecule has 0 amide bonds. The van der Waals surface area contributed by atoms with Crippen molar-refractivity contribution in [1.82, 2.24) is 9.78 Å². The molecule has 110 valence electrons. The van der Waals surface area contributed by atoms with Crippen molar-refractivity contribution in [3.05, 3.63) is 51.3 Å². The van der Waals surface area contributed by atoms with E-state index in [-0.39, 0.29) is 18.4 Å². The lowest BCUT2D eigenvalue weighted by Crippen LogP contribution is -2.24. The molecule has 2 rings (SSSR count). The minimum atomic E-state index is -0.915. The molecule has 0 aliphatic heterocycles. The van der Waals surface area contributed by atoms with Crippen LogP contribution in [-0.4, -0.2) is 20.9 Å². The summed E-state index contributed by atoms with van der Waals surface area (Å²) >= 11 is 0. The third kappa shape index (κ3) is 3.37. The van der Waals surface area contributed by atoms with Crippen LogP contribution in [0.1, 0.15) is 23.1 Å². The summed E-state index contributed by atoms with van der Waals surface area (Å²) in [5.41, 5.74) is 4.17. The number of hydrogen-bond donors (Lipinski definition) is 1. The van der Waals surface area contributed by atoms with E-state index >= 15 is 0 Å². The van der Waals surface area contributed by atoms with Gasteiger partial charge >= 0.3 is 5.97 Å². The molecule has 0 saturated heterocycles. The molecule has 0 aliphatic rings. The molecule has 0 atom stereocenters. The van der Waals surface area contributed by atoms with E-state index in [4.69, 9.17) is 5.11 Å². The van der Waals surface area contributed by atoms with Crippen molar-refractivity contribution in [2.24, 2.45) is 7.05 Å². The minimum absolute atomic E-state index is 0.0639. The lowest BCUT2D eigenvalue weighted by atomic mass is 10.0. The van der Waals surface area contributed by atoms with Crippen LogP contribution in [0.15, 0.2) is 29.1 Å². The van der Waals surface area contributed by atoms with Gasteiger partial charge in [-0.3, -0.25) is 9.59 Å². The van der Waals surface area contributed by atoms with Crippen molar-refractivity contribution in [3.8, 4) is 11.3 Å². The SMILES string of the molecule is Cc1ccc(-c2cc(CCC(=O)O)c(=O)n(C)n2)cc1C. The van der Waals surface area contributed by atoms with Crippen LogP contribution in [0, 0.1) is 13.8 Å². The maximum atomic E-state index is 12.0. The number of aromatic nitrogens is 2. The van der Waals surface area contributed by atoms with Gasteiger partial charge in [0.05, 0.1) is 5.69 Å². The molecular weight excluding hydrogens is 268 g/mol. The molecule has 1 aromatic heterocycles. The Morgan fingerprint density at radius 1 is 1.24 bits per heavy atom. The molecule has 0 saturated carbocycles. The largest absolute Gasteiger partial charge is 0.481 e. The number of hydrogen-bond acceptors (Lipinski definition) is 3. The highest BCUT2D eigenvalue weighted by atomic mass is 16.4. The van der Waals surface area contributed by atoms with Gasteiger partial charge in [0.25, 0.3) is 5.56 Å². The van der Waals surface area contributed by atoms with Gasteiger partial charge in [-0.1, -0.05) is 12.1 Å². The Hall–Kier alpha value is -2.43. The second-order valence-corrected chi connectivity index (χ2v) is 5.18. The topological polar surface area (TPSA) is 72.2 Å². The van der Waals surface area contributed by atoms with Crippen molar-refractivity contribution in [2.75, 3.05) is 0 Å². The number of aryl methyl sites for hydroxylation is 4. The average molecular weight is 286 g/mol. The summed E-state index contributed by atoms with van der Waals surface area (Å²) in [6, 6.07) is 7.67. The van der Waals surface area contributed by atoms with Crippen LogP contribution in [0.3, 0.4) is 0 Å². The summed E-state index contributed by atoms with van der Waals surface area (Å²) in [6.45, 7) is 4.05. The average Bonchev–Trinajstić information content (AvgIpc) is 2.43. The molecule has 1 N–H and O–H groups in total. The van der Waals surface area contributed by atoms with Crippen LogP contribution in [0.4, 0.5) is 0 Å². The van der Waals surface area contributed by atoms with Crippen LogP contribution < -0.4 is 5.56 Å². The number of benzene rings is 1. The smallest absolute Gasteiger partial charge is 0.303 e. The van der Waals surface area contributed by atoms with Crippen LogP contribution in [0.25, 0.3) is 11.3 Å². The summed E-state index contributed by atoms with van der Waals surface area (Å²) < 4.78 is 1.27. The molecule has 0 aliphatic carbocycles. The van der Waals surface area contributed by atoms with E-state index in [2.05, 4.69) is 5.10 Å². The van der Waals surface area contributed by atoms with Crippen LogP contribution in [0.2, 0.25) is 0 Å². The zero-order chi connectivity index (χ0) is 15.6. The summed E-state index contributed by atoms with van der Waals surface area (Å²) in [5, 5.41) is 13.0. The zero-order valence-electron chi connectivity index (χ0n) is 12.4. The summed E-state index contributed by atoms with van der Waals surface area (Å²) in [7, 11) is 1.58. The summed E-state index contributed by atoms with van der Waals surface area (Å²) in [4.78, 5) is 22.7. The van der Waals surface area contributed by atoms with Crippen LogP contribution in [0.5, 0.6) is 0 Å². The maximum absolute atomic E-state index is 12.0. The second kappa shape index (κ2) is 5.91. The summed E-state index contributed by atoms with van der Waals surface area (Å²) in [5.74, 6) is -0.915. The van der Waals surface area contributed by atoms with E-state index in [9.17, 15) is 9.59 Å². The van der Waals surface area contributed by atoms with Crippen LogP contribution >= 0.6 is 0 Å². The fourth-order valence-electron chi connectivity index (χ4n) is 2.13. The van der Waals surface area contributed by atoms with E-state index in [0.29, 0.717) is 11.3 Å². The van der Waals surface area contributed by atoms with Crippen molar-refractivity contribution in [1.29, 1.82) is 0 Å². The fourth-order valence-corrected chi connectivity index (χ4v) is 2.13. The van der Waals surface area contributed by atoms with Gasteiger partial charge < -0.3 is 5.11 Å². The first-order valence-electron chi connectivity index (χ1n) is 6.75. The first kappa shape index (κ1) is 15.0. The number of carboxylic acid groups (broad SMARTS) is 1. The molecule has 0 fully saturated rings. The highest BCUT2D eigenvalue weighted by Crippen LogP contribution is 2.20. The molecule has 5 nitrogen and oxygen atoms in total. The lowest BCUT2D eigenvalue weighted by molar-refractivity contribution is -0.136. The monoisotopic (exact) mass is 286 g/mol. The Bertz CT molecular complexity index is 748. The number of rotatable bonds is 4. The first-order chi connectivity index (χ1) is 9.88. The van der Waals surface area contributed by atoms with Gasteiger partial charge in [0, 0.05) is 24.6 Å². The van der Waals surface area contributed by atoms with E-state index < -0.39 is 5.97 Å². The molecule has 0 radical (unpaired) electrons. The Labute approximate surface area is 122 Å². The second-order valence-electron chi connectivity index (χ2n) is 5.18. The minimum Gasteiger partial charge on any atom is -0.481 e. The number of aliphatic carboxylic acids is 1. The van der Waals surface area contributed by atoms with E-state index in [0.717, 1.165) is 11.1 Å². The third-order valence-corrected chi connectivity index (χ3v) is 3.55. The normalized spacial score (nSPS) is 10.6. The van der Waals surface area contributed by atoms with Gasteiger partial charge in [-0.2, -0.15) is 5.10 Å². The third-order valence-electron chi connectivity index (χ3n) is 3.55. The Morgan fingerprint density at radius 2 is 1.95 bits per heavy atom.